The summed E-state index contributed by atoms with van der Waals surface area (Å²) in [6.45, 7) is 3.69. The van der Waals surface area contributed by atoms with Gasteiger partial charge in [-0.25, -0.2) is 8.42 Å². The largest absolute Gasteiger partial charge is 0.262 e. The molecule has 1 heterocycles. The van der Waals surface area contributed by atoms with E-state index < -0.39 is 10.0 Å². The zero-order valence-corrected chi connectivity index (χ0v) is 19.4. The smallest absolute Gasteiger partial charge is 0.257 e. The van der Waals surface area contributed by atoms with Gasteiger partial charge in [-0.15, -0.1) is 0 Å². The number of fused-ring (bicyclic) bond motifs is 6. The van der Waals surface area contributed by atoms with Crippen molar-refractivity contribution in [2.45, 2.75) is 25.7 Å². The Morgan fingerprint density at radius 1 is 0.788 bits per heavy atom. The third kappa shape index (κ3) is 4.07. The molecule has 6 rings (SSSR count). The maximum atomic E-state index is 11.7. The molecule has 0 fully saturated rings. The third-order valence-electron chi connectivity index (χ3n) is 6.55. The minimum atomic E-state index is -3.39. The molecule has 2 aliphatic rings. The minimum absolute atomic E-state index is 0.366. The highest BCUT2D eigenvalue weighted by molar-refractivity contribution is 7.95. The lowest BCUT2D eigenvalue weighted by Crippen LogP contribution is -2.31. The fraction of sp³-hybridized carbons (Fsp3) is 0.172. The van der Waals surface area contributed by atoms with Crippen molar-refractivity contribution in [1.29, 1.82) is 0 Å². The quantitative estimate of drug-likeness (QED) is 0.311. The molecule has 166 valence electrons. The van der Waals surface area contributed by atoms with E-state index in [4.69, 9.17) is 0 Å². The van der Waals surface area contributed by atoms with Gasteiger partial charge in [-0.3, -0.25) is 4.31 Å². The van der Waals surface area contributed by atoms with Crippen LogP contribution >= 0.6 is 0 Å². The van der Waals surface area contributed by atoms with Crippen LogP contribution in [-0.2, 0) is 22.9 Å². The summed E-state index contributed by atoms with van der Waals surface area (Å²) >= 11 is 0. The summed E-state index contributed by atoms with van der Waals surface area (Å²) in [5.74, 6) is 0. The van der Waals surface area contributed by atoms with E-state index in [2.05, 4.69) is 55.1 Å². The molecule has 0 saturated carbocycles. The molecule has 0 bridgehead atoms. The lowest BCUT2D eigenvalue weighted by molar-refractivity contribution is 0.601. The van der Waals surface area contributed by atoms with Crippen molar-refractivity contribution in [1.82, 2.24) is 0 Å². The number of hydrogen-bond donors (Lipinski definition) is 0. The molecule has 0 N–H and O–H groups in total. The van der Waals surface area contributed by atoms with E-state index in [0.29, 0.717) is 12.2 Å². The number of anilines is 1. The first kappa shape index (κ1) is 21.5. The summed E-state index contributed by atoms with van der Waals surface area (Å²) in [6, 6.07) is 25.3. The van der Waals surface area contributed by atoms with Crippen LogP contribution in [0.2, 0.25) is 0 Å². The Labute approximate surface area is 195 Å². The lowest BCUT2D eigenvalue weighted by atomic mass is 9.86. The maximum Gasteiger partial charge on any atom is 0.257 e. The molecule has 0 radical (unpaired) electrons. The average Bonchev–Trinajstić information content (AvgIpc) is 2.88. The first-order chi connectivity index (χ1) is 16.1. The lowest BCUT2D eigenvalue weighted by Gasteiger charge is -2.25. The predicted molar refractivity (Wildman–Crippen MR) is 140 cm³/mol. The fourth-order valence-corrected chi connectivity index (χ4v) is 5.82. The average molecular weight is 454 g/mol. The van der Waals surface area contributed by atoms with Crippen LogP contribution in [0.1, 0.15) is 29.5 Å². The molecule has 4 aromatic rings. The fourth-order valence-electron chi connectivity index (χ4n) is 4.90. The van der Waals surface area contributed by atoms with Gasteiger partial charge in [-0.05, 0) is 70.0 Å². The maximum absolute atomic E-state index is 11.7. The summed E-state index contributed by atoms with van der Waals surface area (Å²) in [5, 5.41) is 6.62. The van der Waals surface area contributed by atoms with Gasteiger partial charge in [-0.2, -0.15) is 0 Å². The first-order valence-electron chi connectivity index (χ1n) is 11.4. The number of benzene rings is 4. The molecule has 1 aliphatic carbocycles. The van der Waals surface area contributed by atoms with Crippen molar-refractivity contribution in [3.8, 4) is 0 Å². The summed E-state index contributed by atoms with van der Waals surface area (Å²) in [5.41, 5.74) is 4.79. The number of nitrogens with zero attached hydrogens (tertiary/aromatic N) is 1. The number of hydrogen-bond acceptors (Lipinski definition) is 2. The van der Waals surface area contributed by atoms with Crippen LogP contribution in [0.25, 0.3) is 27.6 Å². The molecule has 1 aliphatic heterocycles. The molecule has 33 heavy (non-hydrogen) atoms. The van der Waals surface area contributed by atoms with Gasteiger partial charge in [0.1, 0.15) is 0 Å². The molecular weight excluding hydrogens is 426 g/mol. The third-order valence-corrected chi connectivity index (χ3v) is 7.93. The first-order valence-corrected chi connectivity index (χ1v) is 12.9. The second-order valence-electron chi connectivity index (χ2n) is 8.50. The van der Waals surface area contributed by atoms with Gasteiger partial charge in [0.2, 0.25) is 0 Å². The van der Waals surface area contributed by atoms with Crippen LogP contribution < -0.4 is 4.31 Å². The zero-order chi connectivity index (χ0) is 22.8. The van der Waals surface area contributed by atoms with Crippen molar-refractivity contribution < 1.29 is 8.42 Å². The second kappa shape index (κ2) is 8.87. The summed E-state index contributed by atoms with van der Waals surface area (Å²) in [4.78, 5) is 0. The van der Waals surface area contributed by atoms with Gasteiger partial charge in [0.15, 0.2) is 0 Å². The van der Waals surface area contributed by atoms with Crippen LogP contribution in [0.4, 0.5) is 5.69 Å². The van der Waals surface area contributed by atoms with Crippen LogP contribution in [0, 0.1) is 0 Å². The Morgan fingerprint density at radius 2 is 1.55 bits per heavy atom. The Morgan fingerprint density at radius 3 is 2.42 bits per heavy atom. The predicted octanol–water partition coefficient (Wildman–Crippen LogP) is 6.86. The molecule has 0 atom stereocenters. The van der Waals surface area contributed by atoms with Gasteiger partial charge in [0, 0.05) is 5.41 Å². The van der Waals surface area contributed by atoms with Gasteiger partial charge >= 0.3 is 0 Å². The van der Waals surface area contributed by atoms with Gasteiger partial charge in [0.25, 0.3) is 10.0 Å². The SMILES string of the molecule is C=CS(=O)(=O)N1CC=Cc2ccccc21.c1ccc2c(c1)ccc1c3c(ccc12)CCCC3. The van der Waals surface area contributed by atoms with E-state index in [1.807, 2.05) is 30.4 Å². The van der Waals surface area contributed by atoms with Gasteiger partial charge in [-0.1, -0.05) is 85.5 Å². The Hall–Kier alpha value is -3.37. The number of rotatable bonds is 2. The van der Waals surface area contributed by atoms with E-state index in [0.717, 1.165) is 11.0 Å². The second-order valence-corrected chi connectivity index (χ2v) is 10.3. The molecular formula is C29H27NO2S. The van der Waals surface area contributed by atoms with E-state index in [1.165, 1.54) is 51.5 Å². The van der Waals surface area contributed by atoms with Crippen molar-refractivity contribution in [2.24, 2.45) is 0 Å². The highest BCUT2D eigenvalue weighted by Gasteiger charge is 2.21. The highest BCUT2D eigenvalue weighted by Crippen LogP contribution is 2.33. The molecule has 0 saturated heterocycles. The summed E-state index contributed by atoms with van der Waals surface area (Å²) in [7, 11) is -3.39. The van der Waals surface area contributed by atoms with Crippen molar-refractivity contribution in [2.75, 3.05) is 10.8 Å². The minimum Gasteiger partial charge on any atom is -0.262 e. The number of para-hydroxylation sites is 1. The van der Waals surface area contributed by atoms with Crippen molar-refractivity contribution in [3.05, 3.63) is 108 Å². The van der Waals surface area contributed by atoms with Crippen LogP contribution in [0.15, 0.2) is 90.9 Å². The van der Waals surface area contributed by atoms with Crippen LogP contribution in [0.5, 0.6) is 0 Å². The molecule has 0 spiro atoms. The Kier molecular flexibility index (Phi) is 5.77. The monoisotopic (exact) mass is 453 g/mol. The van der Waals surface area contributed by atoms with Crippen LogP contribution in [-0.4, -0.2) is 15.0 Å². The molecule has 4 aromatic carbocycles. The van der Waals surface area contributed by atoms with Crippen LogP contribution in [0.3, 0.4) is 0 Å². The van der Waals surface area contributed by atoms with E-state index in [1.54, 1.807) is 17.2 Å². The highest BCUT2D eigenvalue weighted by atomic mass is 32.2. The topological polar surface area (TPSA) is 37.4 Å². The van der Waals surface area contributed by atoms with Gasteiger partial charge in [0.05, 0.1) is 12.2 Å². The number of sulfonamides is 1. The molecule has 4 heteroatoms. The van der Waals surface area contributed by atoms with E-state index in [9.17, 15) is 8.42 Å². The molecule has 3 nitrogen and oxygen atoms in total. The van der Waals surface area contributed by atoms with E-state index in [-0.39, 0.29) is 0 Å². The summed E-state index contributed by atoms with van der Waals surface area (Å²) in [6.07, 6.45) is 8.96. The van der Waals surface area contributed by atoms with Crippen molar-refractivity contribution >= 4 is 43.3 Å². The Bertz CT molecular complexity index is 1480. The molecule has 0 unspecified atom stereocenters. The normalized spacial score (nSPS) is 14.8. The number of aryl methyl sites for hydroxylation is 2. The standard InChI is InChI=1S/C18H16.C11H11NO2S/c1-3-7-15-13(5-1)9-11-18-16-8-4-2-6-14(16)10-12-17(15)18;1-2-15(13,14)12-9-5-7-10-6-3-4-8-11(10)12/h1,3,5,7,9-12H,2,4,6,8H2;2-8H,1,9H2. The molecule has 0 amide bonds. The van der Waals surface area contributed by atoms with Gasteiger partial charge < -0.3 is 0 Å². The van der Waals surface area contributed by atoms with E-state index >= 15 is 0 Å². The molecule has 0 aromatic heterocycles. The zero-order valence-electron chi connectivity index (χ0n) is 18.6. The summed E-state index contributed by atoms with van der Waals surface area (Å²) < 4.78 is 24.7. The Balaban J connectivity index is 0.000000141. The van der Waals surface area contributed by atoms with Crippen molar-refractivity contribution in [3.63, 3.8) is 0 Å².